The van der Waals surface area contributed by atoms with E-state index < -0.39 is 54.8 Å². The van der Waals surface area contributed by atoms with E-state index in [2.05, 4.69) is 26.1 Å². The average Bonchev–Trinajstić information content (AvgIpc) is 3.09. The van der Waals surface area contributed by atoms with Crippen molar-refractivity contribution < 1.29 is 38.7 Å². The summed E-state index contributed by atoms with van der Waals surface area (Å²) in [5.41, 5.74) is 10.7. The number of carboxylic acids is 2. The monoisotopic (exact) mass is 415 g/mol. The highest BCUT2D eigenvalue weighted by atomic mass is 16.5. The van der Waals surface area contributed by atoms with Crippen LogP contribution in [0.2, 0.25) is 0 Å². The Kier molecular flexibility index (Phi) is 8.97. The fourth-order valence-corrected chi connectivity index (χ4v) is 1.99. The van der Waals surface area contributed by atoms with Crippen molar-refractivity contribution >= 4 is 29.8 Å². The highest BCUT2D eigenvalue weighted by molar-refractivity contribution is 5.89. The molecule has 15 heteroatoms. The Morgan fingerprint density at radius 2 is 1.79 bits per heavy atom. The van der Waals surface area contributed by atoms with Crippen molar-refractivity contribution in [2.45, 2.75) is 37.9 Å². The third kappa shape index (κ3) is 9.14. The number of nitrogens with one attached hydrogen (secondary N) is 3. The normalized spacial score (nSPS) is 12.4. The van der Waals surface area contributed by atoms with Gasteiger partial charge in [0.15, 0.2) is 5.82 Å². The summed E-state index contributed by atoms with van der Waals surface area (Å²) in [7, 11) is 0. The zero-order valence-electron chi connectivity index (χ0n) is 15.1. The van der Waals surface area contributed by atoms with Crippen LogP contribution < -0.4 is 27.4 Å². The number of amides is 4. The minimum atomic E-state index is -1.30. The maximum atomic E-state index is 12.0. The van der Waals surface area contributed by atoms with Gasteiger partial charge in [-0.2, -0.15) is 4.98 Å². The van der Waals surface area contributed by atoms with E-state index in [0.717, 1.165) is 0 Å². The first-order valence-electron chi connectivity index (χ1n) is 8.20. The van der Waals surface area contributed by atoms with Gasteiger partial charge in [0.1, 0.15) is 12.6 Å². The van der Waals surface area contributed by atoms with E-state index in [0.29, 0.717) is 0 Å². The second-order valence-corrected chi connectivity index (χ2v) is 5.75. The molecule has 1 heterocycles. The summed E-state index contributed by atoms with van der Waals surface area (Å²) in [6, 6.07) is -3.03. The quantitative estimate of drug-likeness (QED) is 0.183. The Labute approximate surface area is 163 Å². The number of nitrogens with two attached hydrogens (primary N) is 2. The molecule has 0 unspecified atom stereocenters. The molecule has 9 N–H and O–H groups in total. The summed E-state index contributed by atoms with van der Waals surface area (Å²) in [5, 5.41) is 27.4. The molecule has 0 spiro atoms. The molecule has 0 aliphatic heterocycles. The summed E-state index contributed by atoms with van der Waals surface area (Å²) in [5.74, 6) is -4.06. The molecule has 15 nitrogen and oxygen atoms in total. The Morgan fingerprint density at radius 1 is 1.10 bits per heavy atom. The minimum absolute atomic E-state index is 0.00777. The molecule has 0 fully saturated rings. The maximum absolute atomic E-state index is 12.0. The minimum Gasteiger partial charge on any atom is -0.481 e. The lowest BCUT2D eigenvalue weighted by Gasteiger charge is -2.17. The lowest BCUT2D eigenvalue weighted by molar-refractivity contribution is -0.139. The molecule has 2 atom stereocenters. The topological polar surface area (TPSA) is 253 Å². The first-order valence-corrected chi connectivity index (χ1v) is 8.20. The third-order valence-corrected chi connectivity index (χ3v) is 3.32. The van der Waals surface area contributed by atoms with Crippen LogP contribution in [0.15, 0.2) is 4.52 Å². The van der Waals surface area contributed by atoms with Crippen LogP contribution in [-0.2, 0) is 25.7 Å². The molecule has 4 amide bonds. The number of carboxylic acid groups (broad SMARTS) is 2. The van der Waals surface area contributed by atoms with E-state index in [-0.39, 0.29) is 31.1 Å². The second kappa shape index (κ2) is 11.2. The number of urea groups is 1. The molecule has 1 aromatic rings. The van der Waals surface area contributed by atoms with Gasteiger partial charge in [0, 0.05) is 12.8 Å². The number of hydrogen-bond donors (Lipinski definition) is 7. The highest BCUT2D eigenvalue weighted by Gasteiger charge is 2.23. The lowest BCUT2D eigenvalue weighted by Crippen LogP contribution is -2.50. The third-order valence-electron chi connectivity index (χ3n) is 3.32. The molecule has 1 aromatic heterocycles. The van der Waals surface area contributed by atoms with Crippen LogP contribution >= 0.6 is 0 Å². The van der Waals surface area contributed by atoms with E-state index in [9.17, 15) is 24.0 Å². The second-order valence-electron chi connectivity index (χ2n) is 5.75. The van der Waals surface area contributed by atoms with Gasteiger partial charge in [0.05, 0.1) is 12.6 Å². The molecular formula is C14H21N7O8. The van der Waals surface area contributed by atoms with Crippen molar-refractivity contribution in [3.8, 4) is 0 Å². The van der Waals surface area contributed by atoms with Crippen molar-refractivity contribution in [3.63, 3.8) is 0 Å². The van der Waals surface area contributed by atoms with Crippen molar-refractivity contribution in [1.29, 1.82) is 0 Å². The van der Waals surface area contributed by atoms with Crippen LogP contribution in [0.4, 0.5) is 4.79 Å². The number of carbonyl (C=O) groups is 5. The van der Waals surface area contributed by atoms with E-state index in [1.807, 2.05) is 0 Å². The number of rotatable bonds is 12. The largest absolute Gasteiger partial charge is 0.481 e. The molecule has 0 radical (unpaired) electrons. The molecule has 160 valence electrons. The van der Waals surface area contributed by atoms with Gasteiger partial charge in [-0.1, -0.05) is 5.16 Å². The summed E-state index contributed by atoms with van der Waals surface area (Å²) in [6.07, 6.45) is -0.902. The van der Waals surface area contributed by atoms with Gasteiger partial charge in [0.25, 0.3) is 0 Å². The van der Waals surface area contributed by atoms with E-state index >= 15 is 0 Å². The summed E-state index contributed by atoms with van der Waals surface area (Å²) in [4.78, 5) is 59.8. The van der Waals surface area contributed by atoms with Crippen molar-refractivity contribution in [1.82, 2.24) is 26.1 Å². The molecule has 0 saturated carbocycles. The lowest BCUT2D eigenvalue weighted by atomic mass is 10.1. The van der Waals surface area contributed by atoms with Gasteiger partial charge in [-0.3, -0.25) is 19.2 Å². The number of aliphatic carboxylic acids is 2. The molecule has 0 aromatic carbocycles. The van der Waals surface area contributed by atoms with Gasteiger partial charge < -0.3 is 42.2 Å². The fourth-order valence-electron chi connectivity index (χ4n) is 1.99. The first-order chi connectivity index (χ1) is 13.6. The molecule has 29 heavy (non-hydrogen) atoms. The van der Waals surface area contributed by atoms with Gasteiger partial charge >= 0.3 is 18.0 Å². The van der Waals surface area contributed by atoms with Crippen LogP contribution in [0, 0.1) is 0 Å². The van der Waals surface area contributed by atoms with E-state index in [4.69, 9.17) is 26.2 Å². The summed E-state index contributed by atoms with van der Waals surface area (Å²) < 4.78 is 4.86. The SMILES string of the molecule is NC(=O)C[C@H](N)c1noc(CNC(=O)N[C@@H](CCC(=O)O)C(=O)NCC(=O)O)n1. The summed E-state index contributed by atoms with van der Waals surface area (Å²) in [6.45, 7) is -0.952. The van der Waals surface area contributed by atoms with Gasteiger partial charge in [-0.15, -0.1) is 0 Å². The van der Waals surface area contributed by atoms with Crippen molar-refractivity contribution in [2.24, 2.45) is 11.5 Å². The van der Waals surface area contributed by atoms with Gasteiger partial charge in [-0.25, -0.2) is 4.79 Å². The predicted molar refractivity (Wildman–Crippen MR) is 91.7 cm³/mol. The zero-order valence-corrected chi connectivity index (χ0v) is 15.1. The number of primary amides is 1. The summed E-state index contributed by atoms with van der Waals surface area (Å²) >= 11 is 0. The number of aromatic nitrogens is 2. The average molecular weight is 415 g/mol. The molecule has 0 aliphatic rings. The van der Waals surface area contributed by atoms with Crippen LogP contribution in [0.1, 0.15) is 37.0 Å². The number of carbonyl (C=O) groups excluding carboxylic acids is 3. The Hall–Kier alpha value is -3.75. The predicted octanol–water partition coefficient (Wildman–Crippen LogP) is -2.82. The molecule has 0 aliphatic carbocycles. The van der Waals surface area contributed by atoms with E-state index in [1.165, 1.54) is 0 Å². The van der Waals surface area contributed by atoms with E-state index in [1.54, 1.807) is 0 Å². The maximum Gasteiger partial charge on any atom is 0.322 e. The van der Waals surface area contributed by atoms with Crippen LogP contribution in [0.5, 0.6) is 0 Å². The fraction of sp³-hybridized carbons (Fsp3) is 0.500. The molecular weight excluding hydrogens is 394 g/mol. The Morgan fingerprint density at radius 3 is 2.38 bits per heavy atom. The zero-order chi connectivity index (χ0) is 22.0. The van der Waals surface area contributed by atoms with Gasteiger partial charge in [-0.05, 0) is 6.42 Å². The van der Waals surface area contributed by atoms with Crippen LogP contribution in [0.3, 0.4) is 0 Å². The van der Waals surface area contributed by atoms with Gasteiger partial charge in [0.2, 0.25) is 17.7 Å². The Bertz CT molecular complexity index is 765. The molecule has 0 saturated heterocycles. The molecule has 1 rings (SSSR count). The number of nitrogens with zero attached hydrogens (tertiary/aromatic N) is 2. The van der Waals surface area contributed by atoms with Crippen LogP contribution in [0.25, 0.3) is 0 Å². The van der Waals surface area contributed by atoms with Crippen molar-refractivity contribution in [2.75, 3.05) is 6.54 Å². The number of hydrogen-bond acceptors (Lipinski definition) is 9. The smallest absolute Gasteiger partial charge is 0.322 e. The first kappa shape index (κ1) is 23.3. The molecule has 0 bridgehead atoms. The highest BCUT2D eigenvalue weighted by Crippen LogP contribution is 2.09. The van der Waals surface area contributed by atoms with Crippen molar-refractivity contribution in [3.05, 3.63) is 11.7 Å². The van der Waals surface area contributed by atoms with Crippen LogP contribution in [-0.4, -0.2) is 62.7 Å². The standard InChI is InChI=1S/C14H21N7O8/c15-6(3-8(16)22)12-20-9(29-21-12)4-18-14(28)19-7(1-2-10(23)24)13(27)17-5-11(25)26/h6-7H,1-5,15H2,(H2,16,22)(H,17,27)(H,23,24)(H,25,26)(H2,18,19,28)/t6-,7-/m0/s1. The Balaban J connectivity index is 2.60.